The van der Waals surface area contributed by atoms with Crippen LogP contribution in [0.15, 0.2) is 30.3 Å². The molecule has 0 radical (unpaired) electrons. The molecule has 0 atom stereocenters. The molecule has 0 spiro atoms. The summed E-state index contributed by atoms with van der Waals surface area (Å²) < 4.78 is -2.06. The molecule has 9 heteroatoms. The van der Waals surface area contributed by atoms with Crippen molar-refractivity contribution in [2.45, 2.75) is 0 Å². The van der Waals surface area contributed by atoms with E-state index in [0.717, 1.165) is 0 Å². The molecule has 0 heterocycles. The first-order valence-electron chi connectivity index (χ1n) is 3.62. The first-order valence-corrected chi connectivity index (χ1v) is 4.55. The molecule has 0 aliphatic carbocycles. The van der Waals surface area contributed by atoms with Gasteiger partial charge in [-0.3, -0.25) is 0 Å². The van der Waals surface area contributed by atoms with Crippen molar-refractivity contribution in [3.8, 4) is 0 Å². The van der Waals surface area contributed by atoms with Gasteiger partial charge >= 0.3 is 49.3 Å². The normalized spacial score (nSPS) is 8.75. The number of nitrogens with zero attached hydrogens (tertiary/aromatic N) is 2. The zero-order valence-electron chi connectivity index (χ0n) is 7.60. The quantitative estimate of drug-likeness (QED) is 0.642. The van der Waals surface area contributed by atoms with Gasteiger partial charge in [0.25, 0.3) is 0 Å². The van der Waals surface area contributed by atoms with Gasteiger partial charge in [0.1, 0.15) is 0 Å². The third kappa shape index (κ3) is 7.40. The summed E-state index contributed by atoms with van der Waals surface area (Å²) in [4.78, 5) is 28.5. The first-order chi connectivity index (χ1) is 7.43. The van der Waals surface area contributed by atoms with E-state index in [0.29, 0.717) is 5.56 Å². The van der Waals surface area contributed by atoms with E-state index in [1.165, 1.54) is 0 Å². The SMILES string of the molecule is O=C(O)c1ccccc1.O=[N+]([O-])[Co][N+](=O)[O-]. The average Bonchev–Trinajstić information content (AvgIpc) is 2.17. The van der Waals surface area contributed by atoms with Crippen LogP contribution in [-0.2, 0) is 15.1 Å². The molecule has 0 saturated heterocycles. The van der Waals surface area contributed by atoms with E-state index in [1.54, 1.807) is 30.3 Å². The summed E-state index contributed by atoms with van der Waals surface area (Å²) >= 11 is -0.951. The Balaban J connectivity index is 0.000000293. The maximum atomic E-state index is 10.2. The van der Waals surface area contributed by atoms with Crippen LogP contribution in [0.25, 0.3) is 0 Å². The molecule has 0 saturated carbocycles. The summed E-state index contributed by atoms with van der Waals surface area (Å²) in [6, 6.07) is 8.30. The van der Waals surface area contributed by atoms with Gasteiger partial charge in [-0.15, -0.1) is 0 Å². The summed E-state index contributed by atoms with van der Waals surface area (Å²) in [7, 11) is 0. The van der Waals surface area contributed by atoms with Crippen LogP contribution in [-0.4, -0.2) is 19.0 Å². The molecule has 8 nitrogen and oxygen atoms in total. The molecule has 0 aliphatic heterocycles. The Hall–Kier alpha value is -2.00. The molecule has 1 aromatic carbocycles. The zero-order chi connectivity index (χ0) is 12.6. The molecule has 1 aromatic rings. The number of benzene rings is 1. The van der Waals surface area contributed by atoms with E-state index in [4.69, 9.17) is 25.3 Å². The number of carboxylic acid groups (broad SMARTS) is 1. The fourth-order valence-electron chi connectivity index (χ4n) is 0.625. The molecule has 0 unspecified atom stereocenters. The summed E-state index contributed by atoms with van der Waals surface area (Å²) in [5, 5.41) is 26.7. The molecule has 0 aromatic heterocycles. The number of carbonyl (C=O) groups is 1. The minimum atomic E-state index is -1.03. The third-order valence-electron chi connectivity index (χ3n) is 1.13. The van der Waals surface area contributed by atoms with Crippen molar-refractivity contribution < 1.29 is 33.0 Å². The zero-order valence-corrected chi connectivity index (χ0v) is 8.64. The number of aromatic carboxylic acids is 1. The van der Waals surface area contributed by atoms with E-state index >= 15 is 0 Å². The molecule has 16 heavy (non-hydrogen) atoms. The van der Waals surface area contributed by atoms with Crippen molar-refractivity contribution in [1.29, 1.82) is 0 Å². The topological polar surface area (TPSA) is 124 Å². The number of hydrogen-bond donors (Lipinski definition) is 1. The predicted molar refractivity (Wildman–Crippen MR) is 47.4 cm³/mol. The van der Waals surface area contributed by atoms with Crippen molar-refractivity contribution in [2.24, 2.45) is 0 Å². The van der Waals surface area contributed by atoms with E-state index in [2.05, 4.69) is 0 Å². The first kappa shape index (κ1) is 14.0. The Bertz CT molecular complexity index is 370. The van der Waals surface area contributed by atoms with Gasteiger partial charge in [-0.25, -0.2) is 4.79 Å². The second-order valence-corrected chi connectivity index (χ2v) is 3.10. The van der Waals surface area contributed by atoms with Crippen LogP contribution in [0.5, 0.6) is 0 Å². The van der Waals surface area contributed by atoms with Gasteiger partial charge in [0.05, 0.1) is 5.56 Å². The Kier molecular flexibility index (Phi) is 6.39. The molecular formula is C7H6CoN2O6. The van der Waals surface area contributed by atoms with Crippen LogP contribution in [0.4, 0.5) is 0 Å². The van der Waals surface area contributed by atoms with Gasteiger partial charge in [-0.1, -0.05) is 18.2 Å². The van der Waals surface area contributed by atoms with Crippen LogP contribution >= 0.6 is 0 Å². The minimum absolute atomic E-state index is 0.331. The van der Waals surface area contributed by atoms with Crippen LogP contribution in [0.2, 0.25) is 0 Å². The fraction of sp³-hybridized carbons (Fsp3) is 0. The molecule has 0 fully saturated rings. The van der Waals surface area contributed by atoms with Crippen molar-refractivity contribution in [3.05, 3.63) is 56.1 Å². The van der Waals surface area contributed by atoms with Gasteiger partial charge < -0.3 is 5.11 Å². The Morgan fingerprint density at radius 3 is 1.75 bits per heavy atom. The second kappa shape index (κ2) is 7.31. The predicted octanol–water partition coefficient (Wildman–Crippen LogP) is 0.837. The standard InChI is InChI=1S/C7H6O2.Co.2NO2/c8-7(9)6-4-2-1-3-5-6;;2*2-1-3/h1-5H,(H,8,9);;;. The number of nitro groups is 2. The Morgan fingerprint density at radius 1 is 1.12 bits per heavy atom. The van der Waals surface area contributed by atoms with E-state index < -0.39 is 29.0 Å². The van der Waals surface area contributed by atoms with Gasteiger partial charge in [0, 0.05) is 0 Å². The van der Waals surface area contributed by atoms with Gasteiger partial charge in [0.15, 0.2) is 0 Å². The summed E-state index contributed by atoms with van der Waals surface area (Å²) in [5.41, 5.74) is 0.331. The molecule has 89 valence electrons. The molecular weight excluding hydrogens is 267 g/mol. The van der Waals surface area contributed by atoms with E-state index in [-0.39, 0.29) is 0 Å². The summed E-state index contributed by atoms with van der Waals surface area (Å²) in [6.45, 7) is 0. The third-order valence-corrected chi connectivity index (χ3v) is 1.47. The monoisotopic (exact) mass is 273 g/mol. The van der Waals surface area contributed by atoms with Crippen LogP contribution in [0.3, 0.4) is 0 Å². The average molecular weight is 273 g/mol. The number of carboxylic acids is 1. The van der Waals surface area contributed by atoms with Crippen molar-refractivity contribution in [3.63, 3.8) is 0 Å². The van der Waals surface area contributed by atoms with Gasteiger partial charge in [-0.05, 0) is 12.1 Å². The second-order valence-electron chi connectivity index (χ2n) is 2.13. The van der Waals surface area contributed by atoms with Crippen molar-refractivity contribution in [1.82, 2.24) is 0 Å². The Labute approximate surface area is 95.6 Å². The molecule has 0 bridgehead atoms. The number of rotatable bonds is 3. The van der Waals surface area contributed by atoms with Crippen molar-refractivity contribution >= 4 is 5.97 Å². The van der Waals surface area contributed by atoms with Crippen molar-refractivity contribution in [2.75, 3.05) is 0 Å². The molecule has 0 amide bonds. The Morgan fingerprint density at radius 2 is 1.56 bits per heavy atom. The van der Waals surface area contributed by atoms with E-state index in [9.17, 15) is 4.79 Å². The van der Waals surface area contributed by atoms with Crippen LogP contribution in [0.1, 0.15) is 10.4 Å². The fourth-order valence-corrected chi connectivity index (χ4v) is 0.764. The molecule has 1 rings (SSSR count). The van der Waals surface area contributed by atoms with Gasteiger partial charge in [0.2, 0.25) is 0 Å². The number of hydrogen-bond acceptors (Lipinski definition) is 5. The summed E-state index contributed by atoms with van der Waals surface area (Å²) in [5.74, 6) is -0.879. The summed E-state index contributed by atoms with van der Waals surface area (Å²) in [6.07, 6.45) is 0. The van der Waals surface area contributed by atoms with E-state index in [1.807, 2.05) is 0 Å². The van der Waals surface area contributed by atoms with Crippen LogP contribution in [0, 0.1) is 20.2 Å². The van der Waals surface area contributed by atoms with Gasteiger partial charge in [-0.2, -0.15) is 0 Å². The molecule has 1 N–H and O–H groups in total. The maximum absolute atomic E-state index is 10.2. The molecule has 0 aliphatic rings. The van der Waals surface area contributed by atoms with Crippen LogP contribution < -0.4 is 0 Å².